The van der Waals surface area contributed by atoms with Crippen molar-refractivity contribution in [1.29, 1.82) is 0 Å². The highest BCUT2D eigenvalue weighted by Crippen LogP contribution is 2.41. The second-order valence-electron chi connectivity index (χ2n) is 6.36. The van der Waals surface area contributed by atoms with Gasteiger partial charge >= 0.3 is 0 Å². The highest BCUT2D eigenvalue weighted by atomic mass is 35.5. The van der Waals surface area contributed by atoms with E-state index in [1.54, 1.807) is 7.11 Å². The van der Waals surface area contributed by atoms with E-state index in [1.165, 1.54) is 6.07 Å². The van der Waals surface area contributed by atoms with Crippen LogP contribution < -0.4 is 15.0 Å². The number of hydrogen-bond acceptors (Lipinski definition) is 4. The Morgan fingerprint density at radius 1 is 1.04 bits per heavy atom. The lowest BCUT2D eigenvalue weighted by atomic mass is 10.2. The number of ether oxygens (including phenoxy) is 1. The van der Waals surface area contributed by atoms with Crippen LogP contribution in [0.15, 0.2) is 30.3 Å². The topological polar surface area (TPSA) is 44.8 Å². The zero-order valence-electron chi connectivity index (χ0n) is 15.1. The Kier molecular flexibility index (Phi) is 7.18. The zero-order chi connectivity index (χ0) is 20.3. The molecule has 2 aromatic carbocycles. The molecule has 1 N–H and O–H groups in total. The fourth-order valence-electron chi connectivity index (χ4n) is 3.04. The Hall–Kier alpha value is -1.37. The largest absolute Gasteiger partial charge is 0.497 e. The smallest absolute Gasteiger partial charge is 0.238 e. The second-order valence-corrected chi connectivity index (χ2v) is 7.93. The van der Waals surface area contributed by atoms with Crippen molar-refractivity contribution in [2.75, 3.05) is 50.1 Å². The minimum atomic E-state index is -0.225. The van der Waals surface area contributed by atoms with Crippen LogP contribution in [0, 0.1) is 0 Å². The van der Waals surface area contributed by atoms with Crippen molar-refractivity contribution >= 4 is 63.7 Å². The number of benzene rings is 2. The van der Waals surface area contributed by atoms with E-state index in [0.717, 1.165) is 37.6 Å². The molecule has 0 atom stereocenters. The molecule has 150 valence electrons. The Morgan fingerprint density at radius 2 is 1.68 bits per heavy atom. The second kappa shape index (κ2) is 9.42. The Bertz CT molecular complexity index is 844. The van der Waals surface area contributed by atoms with Gasteiger partial charge in [-0.15, -0.1) is 0 Å². The Balaban J connectivity index is 1.57. The molecule has 1 aliphatic rings. The fraction of sp³-hybridized carbons (Fsp3) is 0.316. The van der Waals surface area contributed by atoms with Crippen molar-refractivity contribution in [3.8, 4) is 5.75 Å². The van der Waals surface area contributed by atoms with Crippen LogP contribution in [0.3, 0.4) is 0 Å². The number of hydrogen-bond donors (Lipinski definition) is 1. The molecule has 0 unspecified atom stereocenters. The molecule has 28 heavy (non-hydrogen) atoms. The monoisotopic (exact) mass is 461 g/mol. The summed E-state index contributed by atoms with van der Waals surface area (Å²) in [5.74, 6) is 0.602. The van der Waals surface area contributed by atoms with Crippen LogP contribution in [0.5, 0.6) is 5.75 Å². The molecule has 1 fully saturated rings. The van der Waals surface area contributed by atoms with E-state index < -0.39 is 0 Å². The van der Waals surface area contributed by atoms with Gasteiger partial charge in [-0.05, 0) is 18.2 Å². The minimum Gasteiger partial charge on any atom is -0.497 e. The molecule has 1 saturated heterocycles. The summed E-state index contributed by atoms with van der Waals surface area (Å²) < 4.78 is 5.28. The summed E-state index contributed by atoms with van der Waals surface area (Å²) in [5, 5.41) is 3.54. The molecule has 0 aliphatic carbocycles. The first-order valence-corrected chi connectivity index (χ1v) is 10.1. The quantitative estimate of drug-likeness (QED) is 0.630. The maximum Gasteiger partial charge on any atom is 0.238 e. The number of nitrogens with zero attached hydrogens (tertiary/aromatic N) is 2. The van der Waals surface area contributed by atoms with Gasteiger partial charge in [-0.1, -0.05) is 52.5 Å². The predicted octanol–water partition coefficient (Wildman–Crippen LogP) is 5.07. The third-order valence-corrected chi connectivity index (χ3v) is 6.11. The first-order chi connectivity index (χ1) is 13.4. The average molecular weight is 463 g/mol. The minimum absolute atomic E-state index is 0.173. The van der Waals surface area contributed by atoms with Crippen LogP contribution in [0.25, 0.3) is 0 Å². The molecule has 1 aliphatic heterocycles. The highest BCUT2D eigenvalue weighted by Gasteiger charge is 2.21. The van der Waals surface area contributed by atoms with Crippen LogP contribution in [-0.2, 0) is 4.79 Å². The van der Waals surface area contributed by atoms with E-state index in [-0.39, 0.29) is 38.2 Å². The highest BCUT2D eigenvalue weighted by molar-refractivity contribution is 6.50. The molecule has 0 saturated carbocycles. The van der Waals surface area contributed by atoms with Gasteiger partial charge in [0.15, 0.2) is 0 Å². The number of amides is 1. The van der Waals surface area contributed by atoms with E-state index >= 15 is 0 Å². The maximum atomic E-state index is 12.5. The number of carbonyl (C=O) groups excluding carboxylic acids is 1. The van der Waals surface area contributed by atoms with E-state index in [9.17, 15) is 4.79 Å². The lowest BCUT2D eigenvalue weighted by Crippen LogP contribution is -2.48. The van der Waals surface area contributed by atoms with Gasteiger partial charge in [0.05, 0.1) is 39.4 Å². The van der Waals surface area contributed by atoms with E-state index in [4.69, 9.17) is 51.1 Å². The molecule has 1 amide bonds. The van der Waals surface area contributed by atoms with E-state index in [2.05, 4.69) is 21.2 Å². The van der Waals surface area contributed by atoms with Gasteiger partial charge in [-0.25, -0.2) is 0 Å². The maximum absolute atomic E-state index is 12.5. The molecule has 2 aromatic rings. The number of carbonyl (C=O) groups is 1. The fourth-order valence-corrected chi connectivity index (χ4v) is 3.94. The van der Waals surface area contributed by atoms with Crippen LogP contribution >= 0.6 is 46.4 Å². The molecule has 9 heteroatoms. The van der Waals surface area contributed by atoms with Crippen LogP contribution in [0.1, 0.15) is 0 Å². The van der Waals surface area contributed by atoms with Crippen molar-refractivity contribution in [3.05, 3.63) is 50.4 Å². The number of methoxy groups -OCH3 is 1. The van der Waals surface area contributed by atoms with Crippen molar-refractivity contribution in [2.45, 2.75) is 0 Å². The van der Waals surface area contributed by atoms with E-state index in [0.29, 0.717) is 0 Å². The molecular formula is C19H19Cl4N3O2. The van der Waals surface area contributed by atoms with Crippen LogP contribution in [-0.4, -0.2) is 50.6 Å². The third-order valence-electron chi connectivity index (χ3n) is 4.53. The summed E-state index contributed by atoms with van der Waals surface area (Å²) >= 11 is 24.3. The molecule has 0 aromatic heterocycles. The predicted molar refractivity (Wildman–Crippen MR) is 117 cm³/mol. The van der Waals surface area contributed by atoms with Gasteiger partial charge in [0.1, 0.15) is 5.75 Å². The Morgan fingerprint density at radius 3 is 2.29 bits per heavy atom. The molecule has 5 nitrogen and oxygen atoms in total. The number of halogens is 4. The normalized spacial score (nSPS) is 14.8. The first kappa shape index (κ1) is 21.3. The van der Waals surface area contributed by atoms with Crippen molar-refractivity contribution in [2.24, 2.45) is 0 Å². The summed E-state index contributed by atoms with van der Waals surface area (Å²) in [6, 6.07) is 9.40. The molecular weight excluding hydrogens is 444 g/mol. The Labute approximate surface area is 184 Å². The van der Waals surface area contributed by atoms with Crippen molar-refractivity contribution in [3.63, 3.8) is 0 Å². The summed E-state index contributed by atoms with van der Waals surface area (Å²) in [7, 11) is 1.65. The average Bonchev–Trinajstić information content (AvgIpc) is 2.70. The van der Waals surface area contributed by atoms with Crippen molar-refractivity contribution < 1.29 is 9.53 Å². The lowest BCUT2D eigenvalue weighted by Gasteiger charge is -2.35. The lowest BCUT2D eigenvalue weighted by molar-refractivity contribution is -0.117. The SMILES string of the molecule is COc1cccc(N2CCN(CC(=O)Nc3c(Cl)c(Cl)cc(Cl)c3Cl)CC2)c1. The molecule has 0 spiro atoms. The molecule has 1 heterocycles. The van der Waals surface area contributed by atoms with Gasteiger partial charge in [0.25, 0.3) is 0 Å². The van der Waals surface area contributed by atoms with Gasteiger partial charge in [-0.3, -0.25) is 9.69 Å². The van der Waals surface area contributed by atoms with Gasteiger partial charge < -0.3 is 15.0 Å². The van der Waals surface area contributed by atoms with Gasteiger partial charge in [-0.2, -0.15) is 0 Å². The van der Waals surface area contributed by atoms with E-state index in [1.807, 2.05) is 18.2 Å². The summed E-state index contributed by atoms with van der Waals surface area (Å²) in [4.78, 5) is 16.8. The third kappa shape index (κ3) is 4.97. The molecule has 0 radical (unpaired) electrons. The summed E-state index contributed by atoms with van der Waals surface area (Å²) in [5.41, 5.74) is 1.34. The van der Waals surface area contributed by atoms with Gasteiger partial charge in [0, 0.05) is 37.9 Å². The van der Waals surface area contributed by atoms with Crippen LogP contribution in [0.4, 0.5) is 11.4 Å². The number of piperazine rings is 1. The molecule has 0 bridgehead atoms. The van der Waals surface area contributed by atoms with Gasteiger partial charge in [0.2, 0.25) is 5.91 Å². The first-order valence-electron chi connectivity index (χ1n) is 8.63. The van der Waals surface area contributed by atoms with Crippen LogP contribution in [0.2, 0.25) is 20.1 Å². The standard InChI is InChI=1S/C19H19Cl4N3O2/c1-28-13-4-2-3-12(9-13)26-7-5-25(6-8-26)11-16(27)24-19-17(22)14(20)10-15(21)18(19)23/h2-4,9-10H,5-8,11H2,1H3,(H,24,27). The number of anilines is 2. The summed E-state index contributed by atoms with van der Waals surface area (Å²) in [6.07, 6.45) is 0. The molecule has 3 rings (SSSR count). The number of rotatable bonds is 5. The number of nitrogens with one attached hydrogen (secondary N) is 1. The zero-order valence-corrected chi connectivity index (χ0v) is 18.2. The van der Waals surface area contributed by atoms with Crippen molar-refractivity contribution in [1.82, 2.24) is 4.90 Å². The summed E-state index contributed by atoms with van der Waals surface area (Å²) in [6.45, 7) is 3.35.